The van der Waals surface area contributed by atoms with Gasteiger partial charge in [0.15, 0.2) is 0 Å². The molecule has 1 saturated heterocycles. The number of fused-ring (bicyclic) bond motifs is 1. The molecule has 2 aliphatic heterocycles. The largest absolute Gasteiger partial charge is 0.467 e. The molecule has 0 bridgehead atoms. The minimum Gasteiger partial charge on any atom is -0.467 e. The third kappa shape index (κ3) is 3.36. The molecule has 0 N–H and O–H groups in total. The molecule has 0 aliphatic carbocycles. The lowest BCUT2D eigenvalue weighted by atomic mass is 9.96. The van der Waals surface area contributed by atoms with Crippen molar-refractivity contribution in [2.24, 2.45) is 0 Å². The van der Waals surface area contributed by atoms with Crippen molar-refractivity contribution in [3.63, 3.8) is 0 Å². The third-order valence-electron chi connectivity index (χ3n) is 4.88. The number of ether oxygens (including phenoxy) is 2. The molecule has 1 fully saturated rings. The van der Waals surface area contributed by atoms with Crippen LogP contribution in [0.5, 0.6) is 0 Å². The SMILES string of the molecule is CCOC(=O)N1CCc2c(cncc2C(=O)N2CCCC2C(=O)OC)C1. The molecule has 140 valence electrons. The van der Waals surface area contributed by atoms with Crippen molar-refractivity contribution >= 4 is 18.0 Å². The van der Waals surface area contributed by atoms with Crippen molar-refractivity contribution in [1.29, 1.82) is 0 Å². The smallest absolute Gasteiger partial charge is 0.410 e. The van der Waals surface area contributed by atoms with Gasteiger partial charge in [0, 0.05) is 25.5 Å². The van der Waals surface area contributed by atoms with E-state index < -0.39 is 6.04 Å². The van der Waals surface area contributed by atoms with Crippen LogP contribution in [-0.4, -0.2) is 65.6 Å². The Bertz CT molecular complexity index is 721. The topological polar surface area (TPSA) is 89.0 Å². The van der Waals surface area contributed by atoms with Crippen LogP contribution < -0.4 is 0 Å². The molecule has 0 radical (unpaired) electrons. The number of methoxy groups -OCH3 is 1. The Labute approximate surface area is 152 Å². The molecule has 1 unspecified atom stereocenters. The van der Waals surface area contributed by atoms with Gasteiger partial charge in [0.25, 0.3) is 5.91 Å². The van der Waals surface area contributed by atoms with E-state index in [1.165, 1.54) is 7.11 Å². The molecule has 3 rings (SSSR count). The van der Waals surface area contributed by atoms with Crippen LogP contribution >= 0.6 is 0 Å². The lowest BCUT2D eigenvalue weighted by Gasteiger charge is -2.30. The van der Waals surface area contributed by atoms with Crippen LogP contribution in [0, 0.1) is 0 Å². The van der Waals surface area contributed by atoms with Gasteiger partial charge in [-0.25, -0.2) is 9.59 Å². The van der Waals surface area contributed by atoms with Crippen LogP contribution in [0.25, 0.3) is 0 Å². The number of hydrogen-bond donors (Lipinski definition) is 0. The van der Waals surface area contributed by atoms with Crippen molar-refractivity contribution in [3.05, 3.63) is 29.1 Å². The van der Waals surface area contributed by atoms with E-state index >= 15 is 0 Å². The number of rotatable bonds is 3. The number of nitrogens with zero attached hydrogens (tertiary/aromatic N) is 3. The number of carbonyl (C=O) groups excluding carboxylic acids is 3. The van der Waals surface area contributed by atoms with Crippen molar-refractivity contribution in [2.75, 3.05) is 26.8 Å². The maximum atomic E-state index is 13.0. The highest BCUT2D eigenvalue weighted by molar-refractivity contribution is 5.98. The Balaban J connectivity index is 1.82. The number of likely N-dealkylation sites (tertiary alicyclic amines) is 1. The van der Waals surface area contributed by atoms with Crippen LogP contribution in [0.1, 0.15) is 41.3 Å². The third-order valence-corrected chi connectivity index (χ3v) is 4.88. The van der Waals surface area contributed by atoms with Gasteiger partial charge in [0.05, 0.1) is 25.8 Å². The number of carbonyl (C=O) groups is 3. The first-order valence-corrected chi connectivity index (χ1v) is 8.83. The predicted molar refractivity (Wildman–Crippen MR) is 91.4 cm³/mol. The molecule has 2 amide bonds. The fourth-order valence-corrected chi connectivity index (χ4v) is 3.59. The molecule has 0 aromatic carbocycles. The van der Waals surface area contributed by atoms with E-state index in [0.29, 0.717) is 44.6 Å². The van der Waals surface area contributed by atoms with E-state index in [-0.39, 0.29) is 18.0 Å². The summed E-state index contributed by atoms with van der Waals surface area (Å²) in [6, 6.07) is -0.539. The van der Waals surface area contributed by atoms with Gasteiger partial charge >= 0.3 is 12.1 Å². The van der Waals surface area contributed by atoms with Gasteiger partial charge in [0.1, 0.15) is 6.04 Å². The molecule has 0 spiro atoms. The summed E-state index contributed by atoms with van der Waals surface area (Å²) in [4.78, 5) is 44.3. The van der Waals surface area contributed by atoms with Gasteiger partial charge < -0.3 is 19.3 Å². The monoisotopic (exact) mass is 361 g/mol. The highest BCUT2D eigenvalue weighted by atomic mass is 16.6. The molecule has 3 heterocycles. The van der Waals surface area contributed by atoms with Crippen LogP contribution in [-0.2, 0) is 27.2 Å². The van der Waals surface area contributed by atoms with Gasteiger partial charge in [0.2, 0.25) is 0 Å². The second-order valence-electron chi connectivity index (χ2n) is 6.37. The Kier molecular flexibility index (Phi) is 5.39. The van der Waals surface area contributed by atoms with Crippen molar-refractivity contribution < 1.29 is 23.9 Å². The quantitative estimate of drug-likeness (QED) is 0.756. The first-order valence-electron chi connectivity index (χ1n) is 8.83. The van der Waals surface area contributed by atoms with Crippen molar-refractivity contribution in [3.8, 4) is 0 Å². The molecule has 1 atom stereocenters. The van der Waals surface area contributed by atoms with E-state index in [1.807, 2.05) is 0 Å². The van der Waals surface area contributed by atoms with Crippen molar-refractivity contribution in [2.45, 2.75) is 38.8 Å². The molecule has 1 aromatic rings. The molecule has 1 aromatic heterocycles. The zero-order valence-corrected chi connectivity index (χ0v) is 15.1. The molecule has 26 heavy (non-hydrogen) atoms. The number of pyridine rings is 1. The molecular weight excluding hydrogens is 338 g/mol. The standard InChI is InChI=1S/C18H23N3O5/c1-3-26-18(24)20-8-6-13-12(11-20)9-19-10-14(13)16(22)21-7-4-5-15(21)17(23)25-2/h9-10,15H,3-8,11H2,1-2H3. The minimum absolute atomic E-state index is 0.202. The van der Waals surface area contributed by atoms with Crippen LogP contribution in [0.4, 0.5) is 4.79 Å². The van der Waals surface area contributed by atoms with Gasteiger partial charge in [-0.15, -0.1) is 0 Å². The summed E-state index contributed by atoms with van der Waals surface area (Å²) < 4.78 is 9.87. The van der Waals surface area contributed by atoms with E-state index in [9.17, 15) is 14.4 Å². The number of hydrogen-bond acceptors (Lipinski definition) is 6. The fraction of sp³-hybridized carbons (Fsp3) is 0.556. The summed E-state index contributed by atoms with van der Waals surface area (Å²) in [6.45, 7) is 3.46. The fourth-order valence-electron chi connectivity index (χ4n) is 3.59. The summed E-state index contributed by atoms with van der Waals surface area (Å²) in [7, 11) is 1.33. The zero-order chi connectivity index (χ0) is 18.7. The lowest BCUT2D eigenvalue weighted by molar-refractivity contribution is -0.145. The number of aromatic nitrogens is 1. The summed E-state index contributed by atoms with van der Waals surface area (Å²) in [5, 5.41) is 0. The lowest BCUT2D eigenvalue weighted by Crippen LogP contribution is -2.42. The predicted octanol–water partition coefficient (Wildman–Crippen LogP) is 1.37. The highest BCUT2D eigenvalue weighted by Crippen LogP contribution is 2.26. The van der Waals surface area contributed by atoms with E-state index in [4.69, 9.17) is 9.47 Å². The van der Waals surface area contributed by atoms with Crippen molar-refractivity contribution in [1.82, 2.24) is 14.8 Å². The van der Waals surface area contributed by atoms with Crippen LogP contribution in [0.15, 0.2) is 12.4 Å². The average Bonchev–Trinajstić information content (AvgIpc) is 3.15. The van der Waals surface area contributed by atoms with Crippen LogP contribution in [0.3, 0.4) is 0 Å². The summed E-state index contributed by atoms with van der Waals surface area (Å²) in [5.41, 5.74) is 2.23. The minimum atomic E-state index is -0.539. The average molecular weight is 361 g/mol. The van der Waals surface area contributed by atoms with Gasteiger partial charge in [-0.1, -0.05) is 0 Å². The van der Waals surface area contributed by atoms with E-state index in [2.05, 4.69) is 4.98 Å². The van der Waals surface area contributed by atoms with Gasteiger partial charge in [-0.05, 0) is 37.3 Å². The molecule has 2 aliphatic rings. The molecule has 8 nitrogen and oxygen atoms in total. The van der Waals surface area contributed by atoms with Gasteiger partial charge in [-0.2, -0.15) is 0 Å². The van der Waals surface area contributed by atoms with Gasteiger partial charge in [-0.3, -0.25) is 9.78 Å². The Morgan fingerprint density at radius 1 is 1.27 bits per heavy atom. The Morgan fingerprint density at radius 3 is 2.81 bits per heavy atom. The first kappa shape index (κ1) is 18.2. The number of amides is 2. The molecule has 8 heteroatoms. The number of esters is 1. The maximum Gasteiger partial charge on any atom is 0.410 e. The maximum absolute atomic E-state index is 13.0. The Morgan fingerprint density at radius 2 is 2.08 bits per heavy atom. The summed E-state index contributed by atoms with van der Waals surface area (Å²) in [5.74, 6) is -0.589. The highest BCUT2D eigenvalue weighted by Gasteiger charge is 2.37. The van der Waals surface area contributed by atoms with E-state index in [0.717, 1.165) is 17.5 Å². The first-order chi connectivity index (χ1) is 12.6. The molecular formula is C18H23N3O5. The molecule has 0 saturated carbocycles. The van der Waals surface area contributed by atoms with Crippen LogP contribution in [0.2, 0.25) is 0 Å². The summed E-state index contributed by atoms with van der Waals surface area (Å²) >= 11 is 0. The Hall–Kier alpha value is -2.64. The normalized spacial score (nSPS) is 19.1. The summed E-state index contributed by atoms with van der Waals surface area (Å²) in [6.07, 6.45) is 4.80. The zero-order valence-electron chi connectivity index (χ0n) is 15.1. The van der Waals surface area contributed by atoms with E-state index in [1.54, 1.807) is 29.1 Å². The second kappa shape index (κ2) is 7.72. The second-order valence-corrected chi connectivity index (χ2v) is 6.37.